The lowest BCUT2D eigenvalue weighted by Gasteiger charge is -2.47. The van der Waals surface area contributed by atoms with Crippen molar-refractivity contribution in [2.24, 2.45) is 0 Å². The van der Waals surface area contributed by atoms with E-state index < -0.39 is 0 Å². The van der Waals surface area contributed by atoms with Gasteiger partial charge in [-0.15, -0.1) is 16.4 Å². The maximum absolute atomic E-state index is 6.46. The molecule has 4 heterocycles. The molecular weight excluding hydrogens is 356 g/mol. The molecule has 0 aliphatic carbocycles. The molecule has 2 aliphatic heterocycles. The first kappa shape index (κ1) is 19.1. The number of fused-ring (bicyclic) bond motifs is 2. The van der Waals surface area contributed by atoms with Crippen molar-refractivity contribution >= 4 is 11.3 Å². The molecule has 2 aromatic heterocycles. The Balaban J connectivity index is 1.44. The molecule has 1 spiro atoms. The highest BCUT2D eigenvalue weighted by Crippen LogP contribution is 2.46. The van der Waals surface area contributed by atoms with Gasteiger partial charge in [0.15, 0.2) is 0 Å². The lowest BCUT2D eigenvalue weighted by Crippen LogP contribution is -2.50. The maximum Gasteiger partial charge on any atom is 0.0969 e. The van der Waals surface area contributed by atoms with E-state index in [9.17, 15) is 0 Å². The van der Waals surface area contributed by atoms with Gasteiger partial charge in [-0.1, -0.05) is 25.5 Å². The number of hydrogen-bond acceptors (Lipinski definition) is 5. The number of nitrogens with zero attached hydrogens (tertiary/aromatic N) is 4. The number of aryl methyl sites for hydroxylation is 2. The molecule has 0 aromatic carbocycles. The van der Waals surface area contributed by atoms with Crippen molar-refractivity contribution in [3.05, 3.63) is 33.3 Å². The number of piperidine rings is 1. The van der Waals surface area contributed by atoms with Gasteiger partial charge in [0.25, 0.3) is 0 Å². The third-order valence-corrected chi connectivity index (χ3v) is 7.49. The summed E-state index contributed by atoms with van der Waals surface area (Å²) >= 11 is 2.00. The van der Waals surface area contributed by atoms with Crippen LogP contribution >= 0.6 is 11.3 Å². The average molecular weight is 389 g/mol. The number of unbranched alkanes of at least 4 members (excludes halogenated alkanes) is 1. The molecule has 4 rings (SSSR count). The second-order valence-electron chi connectivity index (χ2n) is 8.10. The summed E-state index contributed by atoms with van der Waals surface area (Å²) in [7, 11) is 0. The average Bonchev–Trinajstić information content (AvgIpc) is 3.30. The standard InChI is InChI=1S/C21H32N4OS/c1-4-6-9-25-15-17(22-23-25)14-24-10-8-21(13-16(24)3)19-12-18(5-2)27-20(19)7-11-26-21/h12,15-16H,4-11,13-14H2,1-3H3/t16-,21+/m0/s1. The Morgan fingerprint density at radius 3 is 3.04 bits per heavy atom. The van der Waals surface area contributed by atoms with Crippen LogP contribution in [0.15, 0.2) is 12.3 Å². The van der Waals surface area contributed by atoms with Crippen molar-refractivity contribution < 1.29 is 4.74 Å². The number of likely N-dealkylation sites (tertiary alicyclic amines) is 1. The first-order valence-electron chi connectivity index (χ1n) is 10.5. The van der Waals surface area contributed by atoms with Gasteiger partial charge in [0.2, 0.25) is 0 Å². The highest BCUT2D eigenvalue weighted by molar-refractivity contribution is 7.12. The molecule has 2 aliphatic rings. The summed E-state index contributed by atoms with van der Waals surface area (Å²) in [4.78, 5) is 5.62. The highest BCUT2D eigenvalue weighted by Gasteiger charge is 2.44. The van der Waals surface area contributed by atoms with E-state index in [-0.39, 0.29) is 5.60 Å². The lowest BCUT2D eigenvalue weighted by atomic mass is 9.79. The van der Waals surface area contributed by atoms with Crippen molar-refractivity contribution in [2.45, 2.75) is 84.0 Å². The smallest absolute Gasteiger partial charge is 0.0969 e. The second-order valence-corrected chi connectivity index (χ2v) is 9.32. The van der Waals surface area contributed by atoms with Crippen LogP contribution in [0.2, 0.25) is 0 Å². The van der Waals surface area contributed by atoms with E-state index in [0.717, 1.165) is 64.0 Å². The van der Waals surface area contributed by atoms with Crippen LogP contribution in [0.3, 0.4) is 0 Å². The Labute approximate surface area is 166 Å². The van der Waals surface area contributed by atoms with E-state index in [1.807, 2.05) is 16.0 Å². The summed E-state index contributed by atoms with van der Waals surface area (Å²) in [6.07, 6.45) is 8.83. The molecule has 0 radical (unpaired) electrons. The summed E-state index contributed by atoms with van der Waals surface area (Å²) in [6, 6.07) is 2.91. The minimum Gasteiger partial charge on any atom is -0.370 e. The Kier molecular flexibility index (Phi) is 5.67. The van der Waals surface area contributed by atoms with Gasteiger partial charge in [-0.3, -0.25) is 9.58 Å². The van der Waals surface area contributed by atoms with Gasteiger partial charge in [-0.2, -0.15) is 0 Å². The molecule has 2 atom stereocenters. The number of hydrogen-bond donors (Lipinski definition) is 0. The molecule has 0 unspecified atom stereocenters. The Morgan fingerprint density at radius 1 is 1.37 bits per heavy atom. The van der Waals surface area contributed by atoms with Gasteiger partial charge in [0.05, 0.1) is 17.9 Å². The van der Waals surface area contributed by atoms with Gasteiger partial charge < -0.3 is 4.74 Å². The van der Waals surface area contributed by atoms with Crippen LogP contribution in [0.25, 0.3) is 0 Å². The molecule has 5 nitrogen and oxygen atoms in total. The van der Waals surface area contributed by atoms with Crippen molar-refractivity contribution in [2.75, 3.05) is 13.2 Å². The van der Waals surface area contributed by atoms with Gasteiger partial charge in [-0.05, 0) is 44.2 Å². The summed E-state index contributed by atoms with van der Waals surface area (Å²) < 4.78 is 8.45. The van der Waals surface area contributed by atoms with Gasteiger partial charge in [0.1, 0.15) is 0 Å². The summed E-state index contributed by atoms with van der Waals surface area (Å²) in [5.74, 6) is 0. The Hall–Kier alpha value is -1.24. The molecule has 0 saturated carbocycles. The first-order valence-corrected chi connectivity index (χ1v) is 11.3. The van der Waals surface area contributed by atoms with Crippen LogP contribution in [0.5, 0.6) is 0 Å². The molecule has 27 heavy (non-hydrogen) atoms. The molecule has 0 bridgehead atoms. The van der Waals surface area contributed by atoms with Crippen molar-refractivity contribution in [1.29, 1.82) is 0 Å². The van der Waals surface area contributed by atoms with Gasteiger partial charge in [-0.25, -0.2) is 0 Å². The minimum atomic E-state index is -0.0633. The van der Waals surface area contributed by atoms with E-state index in [0.29, 0.717) is 6.04 Å². The number of thiophene rings is 1. The Morgan fingerprint density at radius 2 is 2.26 bits per heavy atom. The molecule has 2 aromatic rings. The van der Waals surface area contributed by atoms with Crippen molar-refractivity contribution in [1.82, 2.24) is 19.9 Å². The molecule has 1 fully saturated rings. The number of aromatic nitrogens is 3. The van der Waals surface area contributed by atoms with Crippen molar-refractivity contribution in [3.8, 4) is 0 Å². The number of rotatable bonds is 6. The van der Waals surface area contributed by atoms with Gasteiger partial charge >= 0.3 is 0 Å². The fourth-order valence-electron chi connectivity index (χ4n) is 4.56. The first-order chi connectivity index (χ1) is 13.1. The predicted molar refractivity (Wildman–Crippen MR) is 109 cm³/mol. The Bertz CT molecular complexity index is 770. The highest BCUT2D eigenvalue weighted by atomic mass is 32.1. The number of ether oxygens (including phenoxy) is 1. The molecule has 0 amide bonds. The van der Waals surface area contributed by atoms with Crippen molar-refractivity contribution in [3.63, 3.8) is 0 Å². The summed E-state index contributed by atoms with van der Waals surface area (Å²) in [5.41, 5.74) is 2.52. The fourth-order valence-corrected chi connectivity index (χ4v) is 5.74. The van der Waals surface area contributed by atoms with Crippen LogP contribution in [0, 0.1) is 0 Å². The van der Waals surface area contributed by atoms with E-state index in [4.69, 9.17) is 4.74 Å². The predicted octanol–water partition coefficient (Wildman–Crippen LogP) is 4.15. The molecule has 6 heteroatoms. The zero-order valence-electron chi connectivity index (χ0n) is 16.9. The third kappa shape index (κ3) is 3.84. The molecule has 0 N–H and O–H groups in total. The van der Waals surface area contributed by atoms with Crippen LogP contribution in [-0.2, 0) is 36.3 Å². The normalized spacial score (nSPS) is 25.8. The largest absolute Gasteiger partial charge is 0.370 e. The summed E-state index contributed by atoms with van der Waals surface area (Å²) in [5, 5.41) is 8.68. The zero-order valence-corrected chi connectivity index (χ0v) is 17.7. The van der Waals surface area contributed by atoms with Crippen LogP contribution in [-0.4, -0.2) is 39.1 Å². The molecule has 1 saturated heterocycles. The second kappa shape index (κ2) is 8.02. The van der Waals surface area contributed by atoms with E-state index >= 15 is 0 Å². The molecular formula is C21H32N4OS. The van der Waals surface area contributed by atoms with Crippen LogP contribution < -0.4 is 0 Å². The third-order valence-electron chi connectivity index (χ3n) is 6.15. The van der Waals surface area contributed by atoms with E-state index in [1.54, 1.807) is 4.88 Å². The fraction of sp³-hybridized carbons (Fsp3) is 0.714. The topological polar surface area (TPSA) is 43.2 Å². The SMILES string of the molecule is CCCCn1cc(CN2CC[C@]3(C[C@@H]2C)OCCc2sc(CC)cc23)nn1. The van der Waals surface area contributed by atoms with E-state index in [2.05, 4.69) is 48.2 Å². The van der Waals surface area contributed by atoms with Crippen LogP contribution in [0.1, 0.15) is 67.5 Å². The molecule has 148 valence electrons. The van der Waals surface area contributed by atoms with Crippen LogP contribution in [0.4, 0.5) is 0 Å². The van der Waals surface area contributed by atoms with E-state index in [1.165, 1.54) is 16.9 Å². The monoisotopic (exact) mass is 388 g/mol. The van der Waals surface area contributed by atoms with Gasteiger partial charge in [0, 0.05) is 48.0 Å². The zero-order chi connectivity index (χ0) is 18.9. The minimum absolute atomic E-state index is 0.0633. The quantitative estimate of drug-likeness (QED) is 0.745. The maximum atomic E-state index is 6.46. The lowest BCUT2D eigenvalue weighted by molar-refractivity contribution is -0.112. The summed E-state index contributed by atoms with van der Waals surface area (Å²) in [6.45, 7) is 10.6.